The van der Waals surface area contributed by atoms with Gasteiger partial charge < -0.3 is 4.74 Å². The highest BCUT2D eigenvalue weighted by atomic mass is 35.5. The van der Waals surface area contributed by atoms with E-state index in [0.717, 1.165) is 17.0 Å². The molecule has 1 aromatic heterocycles. The quantitative estimate of drug-likeness (QED) is 0.432. The third-order valence-electron chi connectivity index (χ3n) is 4.14. The van der Waals surface area contributed by atoms with Crippen LogP contribution in [0, 0.1) is 5.92 Å². The number of aromatic nitrogens is 2. The van der Waals surface area contributed by atoms with Gasteiger partial charge in [-0.15, -0.1) is 0 Å². The lowest BCUT2D eigenvalue weighted by Crippen LogP contribution is -2.29. The van der Waals surface area contributed by atoms with Crippen LogP contribution in [0.4, 0.5) is 29.6 Å². The summed E-state index contributed by atoms with van der Waals surface area (Å²) >= 11 is 6.05. The molecule has 3 aromatic rings. The summed E-state index contributed by atoms with van der Waals surface area (Å²) in [6.07, 6.45) is -3.84. The van der Waals surface area contributed by atoms with E-state index in [1.807, 2.05) is 13.8 Å². The Kier molecular flexibility index (Phi) is 6.80. The van der Waals surface area contributed by atoms with Gasteiger partial charge in [-0.1, -0.05) is 37.6 Å². The van der Waals surface area contributed by atoms with Crippen molar-refractivity contribution in [2.45, 2.75) is 20.0 Å². The highest BCUT2D eigenvalue weighted by molar-refractivity contribution is 6.30. The van der Waals surface area contributed by atoms with E-state index < -0.39 is 17.8 Å². The number of ether oxygens (including phenoxy) is 1. The van der Waals surface area contributed by atoms with Crippen LogP contribution in [0.2, 0.25) is 5.02 Å². The standard InChI is InChI=1S/C22H19ClF3N3O2/c1-14(2)13-31-21(30)29(18-8-6-16(7-9-18)22(24,25)26)20-27-11-10-19(28-20)15-4-3-5-17(23)12-15/h3-12,14H,13H2,1-2H3. The third kappa shape index (κ3) is 5.73. The number of carbonyl (C=O) groups excluding carboxylic acids is 1. The Morgan fingerprint density at radius 2 is 1.84 bits per heavy atom. The fourth-order valence-electron chi connectivity index (χ4n) is 2.67. The van der Waals surface area contributed by atoms with Crippen molar-refractivity contribution in [3.8, 4) is 11.3 Å². The summed E-state index contributed by atoms with van der Waals surface area (Å²) in [6.45, 7) is 3.86. The molecule has 0 radical (unpaired) electrons. The van der Waals surface area contributed by atoms with Gasteiger partial charge in [-0.25, -0.2) is 19.7 Å². The van der Waals surface area contributed by atoms with Crippen LogP contribution in [0.5, 0.6) is 0 Å². The molecule has 0 saturated heterocycles. The molecule has 3 rings (SSSR count). The van der Waals surface area contributed by atoms with E-state index in [-0.39, 0.29) is 24.2 Å². The molecular formula is C22H19ClF3N3O2. The van der Waals surface area contributed by atoms with Crippen molar-refractivity contribution in [3.05, 3.63) is 71.4 Å². The van der Waals surface area contributed by atoms with Gasteiger partial charge in [0.05, 0.1) is 23.6 Å². The van der Waals surface area contributed by atoms with Crippen molar-refractivity contribution in [1.82, 2.24) is 9.97 Å². The number of halogens is 4. The molecule has 0 spiro atoms. The molecule has 0 bridgehead atoms. The molecule has 162 valence electrons. The summed E-state index contributed by atoms with van der Waals surface area (Å²) in [4.78, 5) is 22.4. The maximum atomic E-state index is 12.9. The largest absolute Gasteiger partial charge is 0.449 e. The van der Waals surface area contributed by atoms with Crippen LogP contribution < -0.4 is 4.90 Å². The van der Waals surface area contributed by atoms with Gasteiger partial charge in [0.1, 0.15) is 0 Å². The maximum absolute atomic E-state index is 12.9. The first kappa shape index (κ1) is 22.6. The second-order valence-electron chi connectivity index (χ2n) is 7.10. The topological polar surface area (TPSA) is 55.3 Å². The van der Waals surface area contributed by atoms with Crippen LogP contribution in [0.15, 0.2) is 60.8 Å². The second-order valence-corrected chi connectivity index (χ2v) is 7.54. The number of rotatable bonds is 5. The van der Waals surface area contributed by atoms with E-state index in [4.69, 9.17) is 16.3 Å². The molecule has 5 nitrogen and oxygen atoms in total. The number of amides is 1. The molecule has 2 aromatic carbocycles. The summed E-state index contributed by atoms with van der Waals surface area (Å²) in [5.41, 5.74) is 0.491. The number of alkyl halides is 3. The Labute approximate surface area is 182 Å². The number of nitrogens with zero attached hydrogens (tertiary/aromatic N) is 3. The lowest BCUT2D eigenvalue weighted by Gasteiger charge is -2.22. The number of benzene rings is 2. The minimum absolute atomic E-state index is 0.0361. The molecular weight excluding hydrogens is 431 g/mol. The maximum Gasteiger partial charge on any atom is 0.421 e. The zero-order chi connectivity index (χ0) is 22.6. The zero-order valence-electron chi connectivity index (χ0n) is 16.7. The first-order valence-electron chi connectivity index (χ1n) is 9.38. The molecule has 0 aliphatic carbocycles. The highest BCUT2D eigenvalue weighted by Gasteiger charge is 2.31. The Morgan fingerprint density at radius 3 is 2.45 bits per heavy atom. The van der Waals surface area contributed by atoms with Crippen LogP contribution in [0.25, 0.3) is 11.3 Å². The minimum atomic E-state index is -4.50. The van der Waals surface area contributed by atoms with Crippen molar-refractivity contribution >= 4 is 29.3 Å². The molecule has 0 aliphatic heterocycles. The minimum Gasteiger partial charge on any atom is -0.449 e. The fourth-order valence-corrected chi connectivity index (χ4v) is 2.86. The van der Waals surface area contributed by atoms with Gasteiger partial charge in [-0.2, -0.15) is 13.2 Å². The Morgan fingerprint density at radius 1 is 1.13 bits per heavy atom. The number of hydrogen-bond acceptors (Lipinski definition) is 4. The number of carbonyl (C=O) groups is 1. The SMILES string of the molecule is CC(C)COC(=O)N(c1ccc(C(F)(F)F)cc1)c1nccc(-c2cccc(Cl)c2)n1. The van der Waals surface area contributed by atoms with Gasteiger partial charge in [0.15, 0.2) is 0 Å². The van der Waals surface area contributed by atoms with Gasteiger partial charge in [0.2, 0.25) is 5.95 Å². The van der Waals surface area contributed by atoms with Gasteiger partial charge in [-0.3, -0.25) is 0 Å². The fraction of sp³-hybridized carbons (Fsp3) is 0.227. The smallest absolute Gasteiger partial charge is 0.421 e. The van der Waals surface area contributed by atoms with E-state index in [0.29, 0.717) is 16.3 Å². The summed E-state index contributed by atoms with van der Waals surface area (Å²) in [5, 5.41) is 0.508. The average Bonchev–Trinajstić information content (AvgIpc) is 2.72. The van der Waals surface area contributed by atoms with Crippen molar-refractivity contribution in [2.75, 3.05) is 11.5 Å². The van der Waals surface area contributed by atoms with Gasteiger partial charge in [-0.05, 0) is 48.4 Å². The van der Waals surface area contributed by atoms with E-state index in [1.54, 1.807) is 30.3 Å². The Balaban J connectivity index is 2.02. The molecule has 1 amide bonds. The highest BCUT2D eigenvalue weighted by Crippen LogP contribution is 2.32. The first-order valence-corrected chi connectivity index (χ1v) is 9.76. The van der Waals surface area contributed by atoms with Gasteiger partial charge >= 0.3 is 12.3 Å². The molecule has 0 aliphatic rings. The first-order chi connectivity index (χ1) is 14.6. The van der Waals surface area contributed by atoms with Crippen LogP contribution >= 0.6 is 11.6 Å². The van der Waals surface area contributed by atoms with Gasteiger partial charge in [0.25, 0.3) is 0 Å². The molecule has 9 heteroatoms. The zero-order valence-corrected chi connectivity index (χ0v) is 17.5. The molecule has 0 saturated carbocycles. The van der Waals surface area contributed by atoms with Crippen LogP contribution in [0.1, 0.15) is 19.4 Å². The molecule has 0 unspecified atom stereocenters. The number of anilines is 2. The predicted molar refractivity (Wildman–Crippen MR) is 112 cm³/mol. The third-order valence-corrected chi connectivity index (χ3v) is 4.37. The summed E-state index contributed by atoms with van der Waals surface area (Å²) < 4.78 is 44.1. The summed E-state index contributed by atoms with van der Waals surface area (Å²) in [7, 11) is 0. The molecule has 31 heavy (non-hydrogen) atoms. The van der Waals surface area contributed by atoms with Gasteiger partial charge in [0, 0.05) is 16.8 Å². The predicted octanol–water partition coefficient (Wildman–Crippen LogP) is 6.75. The van der Waals surface area contributed by atoms with E-state index in [1.165, 1.54) is 18.3 Å². The molecule has 0 N–H and O–H groups in total. The summed E-state index contributed by atoms with van der Waals surface area (Å²) in [5.74, 6) is 0.0307. The Bertz CT molecular complexity index is 1060. The van der Waals surface area contributed by atoms with E-state index >= 15 is 0 Å². The molecule has 0 atom stereocenters. The van der Waals surface area contributed by atoms with Crippen LogP contribution in [-0.2, 0) is 10.9 Å². The second kappa shape index (κ2) is 9.34. The van der Waals surface area contributed by atoms with Crippen molar-refractivity contribution in [1.29, 1.82) is 0 Å². The van der Waals surface area contributed by atoms with Crippen LogP contribution in [0.3, 0.4) is 0 Å². The van der Waals surface area contributed by atoms with E-state index in [9.17, 15) is 18.0 Å². The number of hydrogen-bond donors (Lipinski definition) is 0. The normalized spacial score (nSPS) is 11.5. The van der Waals surface area contributed by atoms with E-state index in [2.05, 4.69) is 9.97 Å². The Hall–Kier alpha value is -3.13. The molecule has 1 heterocycles. The lowest BCUT2D eigenvalue weighted by molar-refractivity contribution is -0.137. The lowest BCUT2D eigenvalue weighted by atomic mass is 10.1. The van der Waals surface area contributed by atoms with Crippen molar-refractivity contribution < 1.29 is 22.7 Å². The molecule has 0 fully saturated rings. The monoisotopic (exact) mass is 449 g/mol. The van der Waals surface area contributed by atoms with Crippen LogP contribution in [-0.4, -0.2) is 22.7 Å². The van der Waals surface area contributed by atoms with Crippen molar-refractivity contribution in [3.63, 3.8) is 0 Å². The van der Waals surface area contributed by atoms with Crippen molar-refractivity contribution in [2.24, 2.45) is 5.92 Å². The summed E-state index contributed by atoms with van der Waals surface area (Å²) in [6, 6.07) is 12.7. The average molecular weight is 450 g/mol.